The van der Waals surface area contributed by atoms with Gasteiger partial charge >= 0.3 is 5.69 Å². The number of nitrogens with one attached hydrogen (secondary N) is 1. The van der Waals surface area contributed by atoms with Crippen molar-refractivity contribution in [2.75, 3.05) is 0 Å². The minimum absolute atomic E-state index is 0.147. The van der Waals surface area contributed by atoms with Gasteiger partial charge in [-0.2, -0.15) is 0 Å². The smallest absolute Gasteiger partial charge is 0.312 e. The fourth-order valence-electron chi connectivity index (χ4n) is 4.28. The Balaban J connectivity index is 1.71. The summed E-state index contributed by atoms with van der Waals surface area (Å²) in [6.45, 7) is 6.95. The van der Waals surface area contributed by atoms with Crippen LogP contribution in [0.5, 0.6) is 5.75 Å². The lowest BCUT2D eigenvalue weighted by Gasteiger charge is -2.33. The van der Waals surface area contributed by atoms with Crippen molar-refractivity contribution in [1.29, 1.82) is 0 Å². The van der Waals surface area contributed by atoms with Crippen LogP contribution in [0.15, 0.2) is 44.4 Å². The van der Waals surface area contributed by atoms with Gasteiger partial charge in [0.1, 0.15) is 10.8 Å². The molecule has 1 aromatic carbocycles. The van der Waals surface area contributed by atoms with E-state index in [1.54, 1.807) is 24.5 Å². The summed E-state index contributed by atoms with van der Waals surface area (Å²) in [5.41, 5.74) is 1.43. The number of nitro benzene ring substituents is 1. The molecule has 0 bridgehead atoms. The third-order valence-electron chi connectivity index (χ3n) is 6.30. The molecule has 2 aromatic heterocycles. The van der Waals surface area contributed by atoms with Crippen LogP contribution in [0.2, 0.25) is 0 Å². The van der Waals surface area contributed by atoms with E-state index in [1.807, 2.05) is 0 Å². The normalized spacial score (nSPS) is 15.8. The van der Waals surface area contributed by atoms with Crippen LogP contribution >= 0.6 is 27.3 Å². The largest absolute Gasteiger partial charge is 0.502 e. The Morgan fingerprint density at radius 2 is 2.20 bits per heavy atom. The summed E-state index contributed by atoms with van der Waals surface area (Å²) in [6, 6.07) is 6.33. The van der Waals surface area contributed by atoms with Crippen LogP contribution in [0, 0.1) is 21.4 Å². The molecule has 3 aromatic rings. The van der Waals surface area contributed by atoms with Gasteiger partial charge in [-0.3, -0.25) is 14.9 Å². The molecule has 1 amide bonds. The van der Waals surface area contributed by atoms with E-state index in [4.69, 9.17) is 4.42 Å². The molecular formula is C25H26BrN3O5S. The number of phenolic OH excluding ortho intramolecular Hbond substituents is 1. The zero-order valence-corrected chi connectivity index (χ0v) is 22.0. The fraction of sp³-hybridized carbons (Fsp3) is 0.360. The highest BCUT2D eigenvalue weighted by atomic mass is 79.9. The first-order chi connectivity index (χ1) is 16.5. The Bertz CT molecular complexity index is 1290. The van der Waals surface area contributed by atoms with Crippen molar-refractivity contribution in [2.45, 2.75) is 46.6 Å². The number of aromatic hydroxyl groups is 1. The number of aliphatic imine (C=N–C) groups is 1. The molecular weight excluding hydrogens is 534 g/mol. The first-order valence-corrected chi connectivity index (χ1v) is 12.8. The van der Waals surface area contributed by atoms with E-state index < -0.39 is 16.4 Å². The summed E-state index contributed by atoms with van der Waals surface area (Å²) in [4.78, 5) is 29.6. The zero-order valence-electron chi connectivity index (χ0n) is 19.6. The van der Waals surface area contributed by atoms with Crippen molar-refractivity contribution in [3.05, 3.63) is 72.4 Å². The van der Waals surface area contributed by atoms with Gasteiger partial charge in [0.15, 0.2) is 0 Å². The molecule has 2 heterocycles. The topological polar surface area (TPSA) is 118 Å². The Labute approximate surface area is 215 Å². The van der Waals surface area contributed by atoms with Crippen LogP contribution < -0.4 is 5.32 Å². The van der Waals surface area contributed by atoms with Crippen LogP contribution in [-0.2, 0) is 19.4 Å². The van der Waals surface area contributed by atoms with E-state index in [1.165, 1.54) is 23.6 Å². The molecule has 184 valence electrons. The van der Waals surface area contributed by atoms with E-state index >= 15 is 0 Å². The summed E-state index contributed by atoms with van der Waals surface area (Å²) in [5.74, 6) is 0.414. The molecule has 2 N–H and O–H groups in total. The van der Waals surface area contributed by atoms with Gasteiger partial charge in [-0.05, 0) is 54.4 Å². The van der Waals surface area contributed by atoms with Crippen molar-refractivity contribution in [1.82, 2.24) is 5.32 Å². The van der Waals surface area contributed by atoms with E-state index in [2.05, 4.69) is 47.0 Å². The van der Waals surface area contributed by atoms with E-state index in [0.29, 0.717) is 26.7 Å². The number of carbonyl (C=O) groups excluding carboxylic acids is 1. The second-order valence-electron chi connectivity index (χ2n) is 9.63. The first-order valence-electron chi connectivity index (χ1n) is 11.2. The number of amides is 1. The molecule has 4 rings (SSSR count). The molecule has 0 spiro atoms. The summed E-state index contributed by atoms with van der Waals surface area (Å²) in [7, 11) is 0. The van der Waals surface area contributed by atoms with Gasteiger partial charge in [0, 0.05) is 27.2 Å². The highest BCUT2D eigenvalue weighted by Gasteiger charge is 2.33. The summed E-state index contributed by atoms with van der Waals surface area (Å²) in [5, 5.41) is 25.1. The SMILES string of the molecule is CC(C)(C)[C@@H]1CCc2c(sc(N=Cc3cc(Br)cc([N+](=O)[O-])c3O)c2C(=O)NCc2ccco2)C1. The molecule has 0 saturated heterocycles. The number of rotatable bonds is 6. The maximum atomic E-state index is 13.3. The van der Waals surface area contributed by atoms with Crippen LogP contribution in [-0.4, -0.2) is 22.2 Å². The van der Waals surface area contributed by atoms with Crippen LogP contribution in [0.1, 0.15) is 59.3 Å². The molecule has 1 aliphatic carbocycles. The van der Waals surface area contributed by atoms with E-state index in [0.717, 1.165) is 29.7 Å². The molecule has 8 nitrogen and oxygen atoms in total. The summed E-state index contributed by atoms with van der Waals surface area (Å²) in [6.07, 6.45) is 5.55. The maximum Gasteiger partial charge on any atom is 0.312 e. The number of carbonyl (C=O) groups is 1. The number of furan rings is 1. The van der Waals surface area contributed by atoms with Gasteiger partial charge in [0.25, 0.3) is 5.91 Å². The van der Waals surface area contributed by atoms with Crippen molar-refractivity contribution < 1.29 is 19.2 Å². The number of halogens is 1. The average Bonchev–Trinajstić information content (AvgIpc) is 3.44. The number of nitro groups is 1. The number of hydrogen-bond acceptors (Lipinski definition) is 7. The lowest BCUT2D eigenvalue weighted by Crippen LogP contribution is -2.28. The number of benzene rings is 1. The van der Waals surface area contributed by atoms with Gasteiger partial charge < -0.3 is 14.8 Å². The van der Waals surface area contributed by atoms with Crippen LogP contribution in [0.3, 0.4) is 0 Å². The van der Waals surface area contributed by atoms with Gasteiger partial charge in [0.05, 0.1) is 23.3 Å². The number of thiophene rings is 1. The quantitative estimate of drug-likeness (QED) is 0.201. The van der Waals surface area contributed by atoms with Crippen molar-refractivity contribution in [3.63, 3.8) is 0 Å². The zero-order chi connectivity index (χ0) is 25.3. The third kappa shape index (κ3) is 5.48. The highest BCUT2D eigenvalue weighted by molar-refractivity contribution is 9.10. The molecule has 1 aliphatic rings. The fourth-order valence-corrected chi connectivity index (χ4v) is 6.01. The Morgan fingerprint density at radius 1 is 1.43 bits per heavy atom. The maximum absolute atomic E-state index is 13.3. The number of nitrogens with zero attached hydrogens (tertiary/aromatic N) is 2. The Kier molecular flexibility index (Phi) is 7.14. The van der Waals surface area contributed by atoms with E-state index in [-0.39, 0.29) is 23.4 Å². The third-order valence-corrected chi connectivity index (χ3v) is 7.92. The minimum atomic E-state index is -0.651. The average molecular weight is 560 g/mol. The monoisotopic (exact) mass is 559 g/mol. The van der Waals surface area contributed by atoms with Crippen molar-refractivity contribution in [3.8, 4) is 5.75 Å². The lowest BCUT2D eigenvalue weighted by molar-refractivity contribution is -0.385. The number of fused-ring (bicyclic) bond motifs is 1. The number of phenols is 1. The predicted molar refractivity (Wildman–Crippen MR) is 139 cm³/mol. The molecule has 1 atom stereocenters. The summed E-state index contributed by atoms with van der Waals surface area (Å²) < 4.78 is 5.77. The van der Waals surface area contributed by atoms with Gasteiger partial charge in [-0.15, -0.1) is 11.3 Å². The standard InChI is InChI=1S/C25H26BrN3O5S/c1-25(2,3)15-6-7-18-20(10-15)35-24(21(18)23(31)27-13-17-5-4-8-34-17)28-12-14-9-16(26)11-19(22(14)30)29(32)33/h4-5,8-9,11-12,15,30H,6-7,10,13H2,1-3H3,(H,27,31)/t15-/m1/s1. The Hall–Kier alpha value is -2.98. The minimum Gasteiger partial charge on any atom is -0.502 e. The lowest BCUT2D eigenvalue weighted by atomic mass is 9.72. The Morgan fingerprint density at radius 3 is 2.86 bits per heavy atom. The second-order valence-corrected chi connectivity index (χ2v) is 11.6. The molecule has 0 saturated carbocycles. The van der Waals surface area contributed by atoms with Gasteiger partial charge in [-0.1, -0.05) is 36.7 Å². The van der Waals surface area contributed by atoms with E-state index in [9.17, 15) is 20.0 Å². The molecule has 35 heavy (non-hydrogen) atoms. The van der Waals surface area contributed by atoms with Gasteiger partial charge in [-0.25, -0.2) is 4.99 Å². The van der Waals surface area contributed by atoms with Crippen molar-refractivity contribution >= 4 is 50.1 Å². The first kappa shape index (κ1) is 25.1. The number of hydrogen-bond donors (Lipinski definition) is 2. The molecule has 10 heteroatoms. The highest BCUT2D eigenvalue weighted by Crippen LogP contribution is 2.45. The molecule has 0 fully saturated rings. The second kappa shape index (κ2) is 9.94. The van der Waals surface area contributed by atoms with Gasteiger partial charge in [0.2, 0.25) is 5.75 Å². The summed E-state index contributed by atoms with van der Waals surface area (Å²) >= 11 is 4.71. The molecule has 0 unspecified atom stereocenters. The van der Waals surface area contributed by atoms with Crippen molar-refractivity contribution in [2.24, 2.45) is 16.3 Å². The molecule has 0 radical (unpaired) electrons. The van der Waals surface area contributed by atoms with Crippen LogP contribution in [0.25, 0.3) is 0 Å². The van der Waals surface area contributed by atoms with Crippen LogP contribution in [0.4, 0.5) is 10.7 Å². The molecule has 0 aliphatic heterocycles. The predicted octanol–water partition coefficient (Wildman–Crippen LogP) is 6.55.